The van der Waals surface area contributed by atoms with Gasteiger partial charge in [0.25, 0.3) is 10.1 Å². The third-order valence-electron chi connectivity index (χ3n) is 2.80. The fourth-order valence-electron chi connectivity index (χ4n) is 1.66. The van der Waals surface area contributed by atoms with E-state index in [1.807, 2.05) is 6.92 Å². The van der Waals surface area contributed by atoms with E-state index in [4.69, 9.17) is 4.18 Å². The molecule has 0 saturated heterocycles. The van der Waals surface area contributed by atoms with Crippen LogP contribution >= 0.6 is 0 Å². The molecule has 0 heterocycles. The minimum atomic E-state index is -3.68. The van der Waals surface area contributed by atoms with E-state index in [0.717, 1.165) is 5.56 Å². The highest BCUT2D eigenvalue weighted by Gasteiger charge is 2.28. The zero-order valence-electron chi connectivity index (χ0n) is 9.55. The van der Waals surface area contributed by atoms with Gasteiger partial charge in [0.05, 0.1) is 11.5 Å². The maximum Gasteiger partial charge on any atom is 0.296 e. The average molecular weight is 254 g/mol. The topological polar surface area (TPSA) is 60.4 Å². The van der Waals surface area contributed by atoms with E-state index in [2.05, 4.69) is 0 Å². The monoisotopic (exact) mass is 254 g/mol. The molecule has 0 amide bonds. The summed E-state index contributed by atoms with van der Waals surface area (Å²) in [6.07, 6.45) is 0.868. The summed E-state index contributed by atoms with van der Waals surface area (Å²) in [4.78, 5) is 10.9. The molecule has 0 bridgehead atoms. The molecule has 92 valence electrons. The van der Waals surface area contributed by atoms with Crippen LogP contribution in [-0.2, 0) is 19.1 Å². The van der Waals surface area contributed by atoms with Gasteiger partial charge in [0.15, 0.2) is 0 Å². The molecular weight excluding hydrogens is 240 g/mol. The Morgan fingerprint density at radius 1 is 1.24 bits per heavy atom. The Hall–Kier alpha value is -1.20. The Labute approximate surface area is 101 Å². The van der Waals surface area contributed by atoms with Gasteiger partial charge in [-0.05, 0) is 25.0 Å². The highest BCUT2D eigenvalue weighted by atomic mass is 32.2. The van der Waals surface area contributed by atoms with E-state index in [1.165, 1.54) is 12.1 Å². The summed E-state index contributed by atoms with van der Waals surface area (Å²) in [6.45, 7) is 1.99. The van der Waals surface area contributed by atoms with Crippen LogP contribution in [0.1, 0.15) is 18.4 Å². The van der Waals surface area contributed by atoms with Crippen LogP contribution in [0.4, 0.5) is 0 Å². The molecule has 0 radical (unpaired) electrons. The number of Topliss-reactive ketones (excluding diaryl/α,β-unsaturated/α-hetero) is 1. The van der Waals surface area contributed by atoms with Crippen molar-refractivity contribution in [2.45, 2.75) is 24.7 Å². The summed E-state index contributed by atoms with van der Waals surface area (Å²) in [7, 11) is -3.68. The van der Waals surface area contributed by atoms with Gasteiger partial charge in [-0.3, -0.25) is 8.98 Å². The second kappa shape index (κ2) is 4.58. The summed E-state index contributed by atoms with van der Waals surface area (Å²) in [5, 5.41) is 0. The lowest BCUT2D eigenvalue weighted by atomic mass is 9.85. The molecule has 0 unspecified atom stereocenters. The first kappa shape index (κ1) is 12.3. The Kier molecular flexibility index (Phi) is 3.31. The van der Waals surface area contributed by atoms with Crippen LogP contribution in [-0.4, -0.2) is 20.8 Å². The van der Waals surface area contributed by atoms with Crippen molar-refractivity contribution in [2.75, 3.05) is 6.61 Å². The van der Waals surface area contributed by atoms with Gasteiger partial charge in [0.2, 0.25) is 0 Å². The minimum Gasteiger partial charge on any atom is -0.300 e. The zero-order valence-corrected chi connectivity index (χ0v) is 10.4. The van der Waals surface area contributed by atoms with Crippen LogP contribution in [0.5, 0.6) is 0 Å². The molecule has 1 saturated carbocycles. The van der Waals surface area contributed by atoms with Gasteiger partial charge in [-0.1, -0.05) is 17.7 Å². The number of benzene rings is 1. The van der Waals surface area contributed by atoms with Gasteiger partial charge in [0.1, 0.15) is 5.78 Å². The normalized spacial score (nSPS) is 16.9. The van der Waals surface area contributed by atoms with E-state index in [9.17, 15) is 13.2 Å². The van der Waals surface area contributed by atoms with Crippen LogP contribution < -0.4 is 0 Å². The first-order valence-corrected chi connectivity index (χ1v) is 6.86. The standard InChI is InChI=1S/C12H14O4S/c1-9-2-4-12(5-3-9)17(14,15)16-8-10-6-11(13)7-10/h2-5,10H,6-8H2,1H3. The third-order valence-corrected chi connectivity index (χ3v) is 4.10. The predicted molar refractivity (Wildman–Crippen MR) is 62.0 cm³/mol. The number of carbonyl (C=O) groups is 1. The SMILES string of the molecule is Cc1ccc(S(=O)(=O)OCC2CC(=O)C2)cc1. The van der Waals surface area contributed by atoms with Crippen LogP contribution in [0.15, 0.2) is 29.2 Å². The molecule has 1 fully saturated rings. The number of carbonyl (C=O) groups excluding carboxylic acids is 1. The summed E-state index contributed by atoms with van der Waals surface area (Å²) >= 11 is 0. The lowest BCUT2D eigenvalue weighted by Gasteiger charge is -2.23. The molecular formula is C12H14O4S. The molecule has 0 N–H and O–H groups in total. The summed E-state index contributed by atoms with van der Waals surface area (Å²) in [6, 6.07) is 6.50. The maximum atomic E-state index is 11.8. The molecule has 1 aliphatic rings. The largest absolute Gasteiger partial charge is 0.300 e. The maximum absolute atomic E-state index is 11.8. The van der Waals surface area contributed by atoms with Crippen molar-refractivity contribution in [1.82, 2.24) is 0 Å². The average Bonchev–Trinajstić information content (AvgIpc) is 2.23. The Bertz CT molecular complexity index is 508. The van der Waals surface area contributed by atoms with Crippen molar-refractivity contribution >= 4 is 15.9 Å². The van der Waals surface area contributed by atoms with Gasteiger partial charge < -0.3 is 0 Å². The Balaban J connectivity index is 1.98. The Morgan fingerprint density at radius 3 is 2.35 bits per heavy atom. The van der Waals surface area contributed by atoms with Crippen LogP contribution in [0, 0.1) is 12.8 Å². The van der Waals surface area contributed by atoms with Crippen LogP contribution in [0.25, 0.3) is 0 Å². The molecule has 1 aliphatic carbocycles. The number of rotatable bonds is 4. The number of ketones is 1. The highest BCUT2D eigenvalue weighted by Crippen LogP contribution is 2.24. The van der Waals surface area contributed by atoms with Gasteiger partial charge in [-0.25, -0.2) is 0 Å². The van der Waals surface area contributed by atoms with E-state index in [-0.39, 0.29) is 23.2 Å². The van der Waals surface area contributed by atoms with Crippen molar-refractivity contribution < 1.29 is 17.4 Å². The molecule has 0 atom stereocenters. The molecule has 0 aliphatic heterocycles. The highest BCUT2D eigenvalue weighted by molar-refractivity contribution is 7.86. The van der Waals surface area contributed by atoms with Crippen LogP contribution in [0.2, 0.25) is 0 Å². The molecule has 0 spiro atoms. The molecule has 0 aromatic heterocycles. The fourth-order valence-corrected chi connectivity index (χ4v) is 2.64. The van der Waals surface area contributed by atoms with Gasteiger partial charge in [-0.15, -0.1) is 0 Å². The molecule has 1 aromatic rings. The van der Waals surface area contributed by atoms with E-state index in [0.29, 0.717) is 12.8 Å². The summed E-state index contributed by atoms with van der Waals surface area (Å²) in [5.74, 6) is 0.231. The molecule has 4 nitrogen and oxygen atoms in total. The van der Waals surface area contributed by atoms with Gasteiger partial charge in [-0.2, -0.15) is 8.42 Å². The first-order valence-electron chi connectivity index (χ1n) is 5.45. The van der Waals surface area contributed by atoms with Gasteiger partial charge in [0, 0.05) is 12.8 Å². The van der Waals surface area contributed by atoms with Crippen molar-refractivity contribution in [3.8, 4) is 0 Å². The molecule has 1 aromatic carbocycles. The lowest BCUT2D eigenvalue weighted by molar-refractivity contribution is -0.127. The number of hydrogen-bond acceptors (Lipinski definition) is 4. The zero-order chi connectivity index (χ0) is 12.5. The van der Waals surface area contributed by atoms with Crippen molar-refractivity contribution in [3.63, 3.8) is 0 Å². The molecule has 5 heteroatoms. The second-order valence-electron chi connectivity index (χ2n) is 4.36. The number of aryl methyl sites for hydroxylation is 1. The predicted octanol–water partition coefficient (Wildman–Crippen LogP) is 1.68. The molecule has 17 heavy (non-hydrogen) atoms. The quantitative estimate of drug-likeness (QED) is 0.767. The number of hydrogen-bond donors (Lipinski definition) is 0. The van der Waals surface area contributed by atoms with Crippen molar-refractivity contribution in [3.05, 3.63) is 29.8 Å². The Morgan fingerprint density at radius 2 is 1.82 bits per heavy atom. The molecule has 2 rings (SSSR count). The lowest BCUT2D eigenvalue weighted by Crippen LogP contribution is -2.28. The summed E-state index contributed by atoms with van der Waals surface area (Å²) < 4.78 is 28.5. The minimum absolute atomic E-state index is 0.0581. The van der Waals surface area contributed by atoms with E-state index >= 15 is 0 Å². The van der Waals surface area contributed by atoms with E-state index < -0.39 is 10.1 Å². The fraction of sp³-hybridized carbons (Fsp3) is 0.417. The summed E-state index contributed by atoms with van der Waals surface area (Å²) in [5.41, 5.74) is 0.994. The smallest absolute Gasteiger partial charge is 0.296 e. The van der Waals surface area contributed by atoms with Crippen molar-refractivity contribution in [1.29, 1.82) is 0 Å². The van der Waals surface area contributed by atoms with Crippen LogP contribution in [0.3, 0.4) is 0 Å². The second-order valence-corrected chi connectivity index (χ2v) is 5.98. The van der Waals surface area contributed by atoms with Gasteiger partial charge >= 0.3 is 0 Å². The van der Waals surface area contributed by atoms with E-state index in [1.54, 1.807) is 12.1 Å². The third kappa shape index (κ3) is 2.92. The first-order chi connectivity index (χ1) is 7.97. The van der Waals surface area contributed by atoms with Crippen molar-refractivity contribution in [2.24, 2.45) is 5.92 Å².